The van der Waals surface area contributed by atoms with E-state index in [0.717, 1.165) is 22.3 Å². The van der Waals surface area contributed by atoms with Crippen LogP contribution in [0.15, 0.2) is 83.8 Å². The molecule has 0 bridgehead atoms. The summed E-state index contributed by atoms with van der Waals surface area (Å²) in [6.45, 7) is 5.85. The number of pyridine rings is 1. The first-order valence-corrected chi connectivity index (χ1v) is 14.3. The molecule has 1 N–H and O–H groups in total. The molecule has 0 fully saturated rings. The van der Waals surface area contributed by atoms with Crippen molar-refractivity contribution in [1.29, 1.82) is 0 Å². The van der Waals surface area contributed by atoms with Gasteiger partial charge in [0, 0.05) is 16.1 Å². The molecule has 0 radical (unpaired) electrons. The topological polar surface area (TPSA) is 94.0 Å². The van der Waals surface area contributed by atoms with Gasteiger partial charge >= 0.3 is 0 Å². The number of halogens is 1. The van der Waals surface area contributed by atoms with E-state index in [2.05, 4.69) is 26.5 Å². The molecule has 5 aromatic rings. The number of fused-ring (bicyclic) bond motifs is 1. The van der Waals surface area contributed by atoms with Gasteiger partial charge in [0.1, 0.15) is 17.0 Å². The molecule has 200 valence electrons. The minimum absolute atomic E-state index is 0.00307. The van der Waals surface area contributed by atoms with E-state index < -0.39 is 15.9 Å². The Bertz CT molecular complexity index is 1920. The van der Waals surface area contributed by atoms with E-state index in [9.17, 15) is 13.2 Å². The number of rotatable bonds is 5. The average molecular weight is 569 g/mol. The number of sulfonamides is 1. The zero-order valence-electron chi connectivity index (χ0n) is 22.1. The second kappa shape index (κ2) is 11.0. The molecule has 3 aromatic carbocycles. The van der Waals surface area contributed by atoms with Crippen molar-refractivity contribution in [3.05, 3.63) is 123 Å². The molecule has 0 atom stereocenters. The van der Waals surface area contributed by atoms with Gasteiger partial charge in [-0.3, -0.25) is 4.79 Å². The lowest BCUT2D eigenvalue weighted by molar-refractivity contribution is 0.0976. The van der Waals surface area contributed by atoms with Crippen molar-refractivity contribution in [3.8, 4) is 11.8 Å². The number of aryl methyl sites for hydroxylation is 3. The van der Waals surface area contributed by atoms with Gasteiger partial charge in [-0.15, -0.1) is 0 Å². The molecular weight excluding hydrogens is 544 g/mol. The van der Waals surface area contributed by atoms with Crippen LogP contribution in [-0.2, 0) is 16.6 Å². The van der Waals surface area contributed by atoms with Gasteiger partial charge in [-0.1, -0.05) is 65.4 Å². The van der Waals surface area contributed by atoms with Gasteiger partial charge in [0.2, 0.25) is 0 Å². The van der Waals surface area contributed by atoms with Gasteiger partial charge in [-0.2, -0.15) is 0 Å². The molecule has 0 aliphatic carbocycles. The Morgan fingerprint density at radius 2 is 1.60 bits per heavy atom. The van der Waals surface area contributed by atoms with Gasteiger partial charge in [0.05, 0.1) is 11.4 Å². The Balaban J connectivity index is 1.43. The molecule has 0 saturated carbocycles. The summed E-state index contributed by atoms with van der Waals surface area (Å²) in [7, 11) is -4.07. The fraction of sp³-hybridized carbons (Fsp3) is 0.129. The van der Waals surface area contributed by atoms with Gasteiger partial charge < -0.3 is 4.57 Å². The van der Waals surface area contributed by atoms with Gasteiger partial charge in [-0.25, -0.2) is 23.1 Å². The van der Waals surface area contributed by atoms with E-state index in [1.165, 1.54) is 18.2 Å². The summed E-state index contributed by atoms with van der Waals surface area (Å²) < 4.78 is 29.5. The Labute approximate surface area is 237 Å². The summed E-state index contributed by atoms with van der Waals surface area (Å²) in [5.41, 5.74) is 5.18. The van der Waals surface area contributed by atoms with Crippen molar-refractivity contribution in [1.82, 2.24) is 19.3 Å². The largest absolute Gasteiger partial charge is 0.308 e. The number of carbonyl (C=O) groups is 1. The first-order valence-electron chi connectivity index (χ1n) is 12.4. The Morgan fingerprint density at radius 3 is 2.30 bits per heavy atom. The van der Waals surface area contributed by atoms with Crippen LogP contribution in [0.3, 0.4) is 0 Å². The molecule has 40 heavy (non-hydrogen) atoms. The van der Waals surface area contributed by atoms with Crippen LogP contribution in [0, 0.1) is 32.6 Å². The number of nitrogens with one attached hydrogen (secondary N) is 1. The number of benzene rings is 3. The van der Waals surface area contributed by atoms with Crippen LogP contribution < -0.4 is 4.72 Å². The molecule has 7 nitrogen and oxygen atoms in total. The summed E-state index contributed by atoms with van der Waals surface area (Å²) in [6.07, 6.45) is 0. The van der Waals surface area contributed by atoms with Crippen molar-refractivity contribution in [2.24, 2.45) is 0 Å². The first kappa shape index (κ1) is 27.1. The van der Waals surface area contributed by atoms with Crippen molar-refractivity contribution < 1.29 is 13.2 Å². The predicted octanol–water partition coefficient (Wildman–Crippen LogP) is 5.58. The van der Waals surface area contributed by atoms with Crippen LogP contribution in [0.4, 0.5) is 0 Å². The third-order valence-electron chi connectivity index (χ3n) is 6.38. The Morgan fingerprint density at radius 1 is 0.900 bits per heavy atom. The summed E-state index contributed by atoms with van der Waals surface area (Å²) >= 11 is 6.63. The van der Waals surface area contributed by atoms with E-state index in [1.807, 2.05) is 66.9 Å². The average Bonchev–Trinajstić information content (AvgIpc) is 3.24. The Hall–Kier alpha value is -4.45. The number of carbonyl (C=O) groups excluding carboxylic acids is 1. The second-order valence-corrected chi connectivity index (χ2v) is 11.5. The van der Waals surface area contributed by atoms with Crippen molar-refractivity contribution >= 4 is 38.7 Å². The van der Waals surface area contributed by atoms with Crippen LogP contribution in [0.1, 0.15) is 44.1 Å². The molecule has 2 aromatic heterocycles. The number of aromatic nitrogens is 3. The van der Waals surface area contributed by atoms with Crippen LogP contribution in [-0.4, -0.2) is 28.9 Å². The van der Waals surface area contributed by atoms with Crippen molar-refractivity contribution in [2.45, 2.75) is 32.2 Å². The van der Waals surface area contributed by atoms with E-state index in [-0.39, 0.29) is 10.6 Å². The SMILES string of the molecule is Cc1ccc(S(=O)(=O)NC(=O)c2cc(C)c3nc(C)n(Cc4ccc(C#Cc5ccccc5)cc4Cl)c3n2)cc1. The van der Waals surface area contributed by atoms with E-state index in [4.69, 9.17) is 11.6 Å². The smallest absolute Gasteiger partial charge is 0.283 e. The third-order valence-corrected chi connectivity index (χ3v) is 8.08. The minimum atomic E-state index is -4.07. The van der Waals surface area contributed by atoms with Gasteiger partial charge in [0.15, 0.2) is 5.65 Å². The number of hydrogen-bond acceptors (Lipinski definition) is 5. The summed E-state index contributed by atoms with van der Waals surface area (Å²) in [5, 5.41) is 0.538. The molecule has 0 saturated heterocycles. The molecule has 0 aliphatic rings. The summed E-state index contributed by atoms with van der Waals surface area (Å²) in [5.74, 6) is 6.11. The molecule has 1 amide bonds. The monoisotopic (exact) mass is 568 g/mol. The first-order chi connectivity index (χ1) is 19.1. The molecule has 9 heteroatoms. The molecule has 0 spiro atoms. The van der Waals surface area contributed by atoms with Crippen molar-refractivity contribution in [2.75, 3.05) is 0 Å². The highest BCUT2D eigenvalue weighted by atomic mass is 35.5. The minimum Gasteiger partial charge on any atom is -0.308 e. The number of hydrogen-bond donors (Lipinski definition) is 1. The maximum absolute atomic E-state index is 13.0. The maximum atomic E-state index is 13.0. The predicted molar refractivity (Wildman–Crippen MR) is 156 cm³/mol. The lowest BCUT2D eigenvalue weighted by atomic mass is 10.1. The highest BCUT2D eigenvalue weighted by Gasteiger charge is 2.22. The lowest BCUT2D eigenvalue weighted by Gasteiger charge is -2.11. The third kappa shape index (κ3) is 5.76. The van der Waals surface area contributed by atoms with E-state index in [1.54, 1.807) is 19.1 Å². The van der Waals surface area contributed by atoms with E-state index >= 15 is 0 Å². The molecular formula is C31H25ClN4O3S. The van der Waals surface area contributed by atoms with Crippen LogP contribution >= 0.6 is 11.6 Å². The standard InChI is InChI=1S/C31H25ClN4O3S/c1-20-9-15-26(16-10-20)40(38,39)35-31(37)28-17-21(2)29-30(34-28)36(22(3)33-29)19-25-14-13-24(18-27(25)32)12-11-23-7-5-4-6-8-23/h4-10,13-18H,19H2,1-3H3,(H,35,37). The van der Waals surface area contributed by atoms with E-state index in [0.29, 0.717) is 34.1 Å². The van der Waals surface area contributed by atoms with Gasteiger partial charge in [0.25, 0.3) is 15.9 Å². The lowest BCUT2D eigenvalue weighted by Crippen LogP contribution is -2.31. The summed E-state index contributed by atoms with van der Waals surface area (Å²) in [4.78, 5) is 22.2. The fourth-order valence-corrected chi connectivity index (χ4v) is 5.40. The van der Waals surface area contributed by atoms with Crippen LogP contribution in [0.25, 0.3) is 11.2 Å². The molecule has 2 heterocycles. The zero-order valence-corrected chi connectivity index (χ0v) is 23.6. The second-order valence-electron chi connectivity index (χ2n) is 9.41. The van der Waals surface area contributed by atoms with Crippen molar-refractivity contribution in [3.63, 3.8) is 0 Å². The fourth-order valence-electron chi connectivity index (χ4n) is 4.20. The normalized spacial score (nSPS) is 11.2. The summed E-state index contributed by atoms with van der Waals surface area (Å²) in [6, 6.07) is 23.1. The quantitative estimate of drug-likeness (QED) is 0.279. The highest BCUT2D eigenvalue weighted by molar-refractivity contribution is 7.90. The molecule has 0 aliphatic heterocycles. The Kier molecular flexibility index (Phi) is 7.44. The maximum Gasteiger partial charge on any atom is 0.283 e. The number of nitrogens with zero attached hydrogens (tertiary/aromatic N) is 3. The van der Waals surface area contributed by atoms with Crippen LogP contribution in [0.5, 0.6) is 0 Å². The molecule has 0 unspecified atom stereocenters. The zero-order chi connectivity index (χ0) is 28.4. The molecule has 5 rings (SSSR count). The highest BCUT2D eigenvalue weighted by Crippen LogP contribution is 2.24. The van der Waals surface area contributed by atoms with Crippen LogP contribution in [0.2, 0.25) is 5.02 Å². The van der Waals surface area contributed by atoms with Gasteiger partial charge in [-0.05, 0) is 74.4 Å². The number of amides is 1. The number of imidazole rings is 1.